The van der Waals surface area contributed by atoms with E-state index >= 15 is 0 Å². The van der Waals surface area contributed by atoms with Crippen LogP contribution in [0.25, 0.3) is 17.0 Å². The lowest BCUT2D eigenvalue weighted by molar-refractivity contribution is 0.103. The molecule has 0 aliphatic carbocycles. The van der Waals surface area contributed by atoms with Crippen molar-refractivity contribution in [3.8, 4) is 5.75 Å². The minimum absolute atomic E-state index is 0.0644. The zero-order chi connectivity index (χ0) is 18.0. The lowest BCUT2D eigenvalue weighted by Gasteiger charge is -2.12. The van der Waals surface area contributed by atoms with Crippen molar-refractivity contribution in [1.29, 1.82) is 0 Å². The minimum Gasteiger partial charge on any atom is -0.497 e. The summed E-state index contributed by atoms with van der Waals surface area (Å²) in [7, 11) is 5.52. The number of ketones is 1. The third-order valence-electron chi connectivity index (χ3n) is 4.23. The Morgan fingerprint density at radius 3 is 2.48 bits per heavy atom. The van der Waals surface area contributed by atoms with Crippen molar-refractivity contribution >= 4 is 22.8 Å². The van der Waals surface area contributed by atoms with Crippen molar-refractivity contribution in [2.45, 2.75) is 6.92 Å². The van der Waals surface area contributed by atoms with Gasteiger partial charge in [-0.1, -0.05) is 30.3 Å². The molecule has 0 N–H and O–H groups in total. The third kappa shape index (κ3) is 3.29. The number of furan rings is 1. The van der Waals surface area contributed by atoms with Crippen LogP contribution in [0.15, 0.2) is 58.6 Å². The number of methoxy groups -OCH3 is 1. The number of fused-ring (bicyclic) bond motifs is 1. The highest BCUT2D eigenvalue weighted by Crippen LogP contribution is 2.32. The van der Waals surface area contributed by atoms with Crippen LogP contribution < -0.4 is 4.74 Å². The Bertz CT molecular complexity index is 936. The summed E-state index contributed by atoms with van der Waals surface area (Å²) in [5.41, 5.74) is 2.84. The highest BCUT2D eigenvalue weighted by atomic mass is 16.5. The Labute approximate surface area is 147 Å². The minimum atomic E-state index is -0.0644. The predicted molar refractivity (Wildman–Crippen MR) is 100.0 cm³/mol. The number of allylic oxidation sites excluding steroid dienone is 1. The molecule has 1 heterocycles. The van der Waals surface area contributed by atoms with Gasteiger partial charge in [-0.15, -0.1) is 0 Å². The monoisotopic (exact) mass is 335 g/mol. The SMILES string of the molecule is COc1ccc2oc(/C=C(/C)N(C)C)c(C(=O)c3ccccc3)c2c1. The molecular formula is C21H21NO3. The zero-order valence-corrected chi connectivity index (χ0v) is 14.9. The van der Waals surface area contributed by atoms with E-state index in [1.165, 1.54) is 0 Å². The normalized spacial score (nSPS) is 11.6. The van der Waals surface area contributed by atoms with E-state index in [1.54, 1.807) is 7.11 Å². The van der Waals surface area contributed by atoms with Gasteiger partial charge in [0.25, 0.3) is 0 Å². The number of ether oxygens (including phenoxy) is 1. The lowest BCUT2D eigenvalue weighted by Crippen LogP contribution is -2.08. The molecule has 0 saturated heterocycles. The second-order valence-electron chi connectivity index (χ2n) is 6.08. The van der Waals surface area contributed by atoms with Crippen LogP contribution in [0.4, 0.5) is 0 Å². The molecule has 0 atom stereocenters. The Balaban J connectivity index is 2.25. The summed E-state index contributed by atoms with van der Waals surface area (Å²) < 4.78 is 11.3. The summed E-state index contributed by atoms with van der Waals surface area (Å²) in [4.78, 5) is 15.1. The first-order chi connectivity index (χ1) is 12.0. The number of hydrogen-bond donors (Lipinski definition) is 0. The average Bonchev–Trinajstić information content (AvgIpc) is 2.98. The Kier molecular flexibility index (Phi) is 4.61. The molecule has 0 bridgehead atoms. The standard InChI is InChI=1S/C21H21NO3/c1-14(22(2)3)12-19-20(21(23)15-8-6-5-7-9-15)17-13-16(24-4)10-11-18(17)25-19/h5-13H,1-4H3/b14-12-. The van der Waals surface area contributed by atoms with E-state index in [0.717, 1.165) is 11.1 Å². The van der Waals surface area contributed by atoms with E-state index < -0.39 is 0 Å². The van der Waals surface area contributed by atoms with Gasteiger partial charge in [-0.05, 0) is 25.1 Å². The average molecular weight is 335 g/mol. The second-order valence-corrected chi connectivity index (χ2v) is 6.08. The molecule has 2 aromatic carbocycles. The summed E-state index contributed by atoms with van der Waals surface area (Å²) in [5, 5.41) is 0.756. The molecule has 0 amide bonds. The fourth-order valence-corrected chi connectivity index (χ4v) is 2.61. The van der Waals surface area contributed by atoms with Crippen LogP contribution in [0.1, 0.15) is 28.6 Å². The topological polar surface area (TPSA) is 42.7 Å². The molecular weight excluding hydrogens is 314 g/mol. The maximum absolute atomic E-state index is 13.1. The summed E-state index contributed by atoms with van der Waals surface area (Å²) >= 11 is 0. The van der Waals surface area contributed by atoms with Gasteiger partial charge in [-0.25, -0.2) is 0 Å². The van der Waals surface area contributed by atoms with Crippen molar-refractivity contribution in [3.63, 3.8) is 0 Å². The van der Waals surface area contributed by atoms with Crippen molar-refractivity contribution in [2.75, 3.05) is 21.2 Å². The van der Waals surface area contributed by atoms with Crippen molar-refractivity contribution in [1.82, 2.24) is 4.90 Å². The molecule has 0 radical (unpaired) electrons. The van der Waals surface area contributed by atoms with Crippen LogP contribution in [0.3, 0.4) is 0 Å². The summed E-state index contributed by atoms with van der Waals surface area (Å²) in [6, 6.07) is 14.7. The molecule has 0 unspecified atom stereocenters. The molecule has 0 saturated carbocycles. The lowest BCUT2D eigenvalue weighted by atomic mass is 9.99. The van der Waals surface area contributed by atoms with Gasteiger partial charge < -0.3 is 14.1 Å². The van der Waals surface area contributed by atoms with E-state index in [9.17, 15) is 4.79 Å². The van der Waals surface area contributed by atoms with Gasteiger partial charge >= 0.3 is 0 Å². The van der Waals surface area contributed by atoms with Crippen molar-refractivity contribution < 1.29 is 13.9 Å². The fraction of sp³-hybridized carbons (Fsp3) is 0.190. The van der Waals surface area contributed by atoms with Gasteiger partial charge in [0.1, 0.15) is 17.1 Å². The maximum Gasteiger partial charge on any atom is 0.197 e. The Morgan fingerprint density at radius 1 is 1.12 bits per heavy atom. The van der Waals surface area contributed by atoms with E-state index in [2.05, 4.69) is 0 Å². The molecule has 0 fully saturated rings. The largest absolute Gasteiger partial charge is 0.497 e. The predicted octanol–water partition coefficient (Wildman–Crippen LogP) is 4.59. The van der Waals surface area contributed by atoms with Crippen molar-refractivity contribution in [2.24, 2.45) is 0 Å². The number of benzene rings is 2. The first kappa shape index (κ1) is 16.8. The van der Waals surface area contributed by atoms with Gasteiger partial charge in [-0.2, -0.15) is 0 Å². The molecule has 3 rings (SSSR count). The van der Waals surface area contributed by atoms with Gasteiger partial charge in [0.2, 0.25) is 0 Å². The molecule has 3 aromatic rings. The molecule has 4 nitrogen and oxygen atoms in total. The van der Waals surface area contributed by atoms with E-state index in [4.69, 9.17) is 9.15 Å². The highest BCUT2D eigenvalue weighted by molar-refractivity contribution is 6.18. The highest BCUT2D eigenvalue weighted by Gasteiger charge is 2.21. The molecule has 0 aliphatic heterocycles. The zero-order valence-electron chi connectivity index (χ0n) is 14.9. The maximum atomic E-state index is 13.1. The number of carbonyl (C=O) groups is 1. The van der Waals surface area contributed by atoms with E-state index in [0.29, 0.717) is 28.2 Å². The molecule has 0 spiro atoms. The van der Waals surface area contributed by atoms with E-state index in [-0.39, 0.29) is 5.78 Å². The van der Waals surface area contributed by atoms with Gasteiger partial charge in [0.15, 0.2) is 5.78 Å². The molecule has 1 aromatic heterocycles. The third-order valence-corrected chi connectivity index (χ3v) is 4.23. The van der Waals surface area contributed by atoms with Crippen LogP contribution in [-0.4, -0.2) is 31.9 Å². The first-order valence-corrected chi connectivity index (χ1v) is 8.07. The number of rotatable bonds is 5. The molecule has 0 aliphatic rings. The van der Waals surface area contributed by atoms with Crippen LogP contribution >= 0.6 is 0 Å². The van der Waals surface area contributed by atoms with Crippen LogP contribution in [0, 0.1) is 0 Å². The fourth-order valence-electron chi connectivity index (χ4n) is 2.61. The first-order valence-electron chi connectivity index (χ1n) is 8.07. The summed E-state index contributed by atoms with van der Waals surface area (Å²) in [5.74, 6) is 1.18. The quantitative estimate of drug-likeness (QED) is 0.639. The molecule has 128 valence electrons. The number of nitrogens with zero attached hydrogens (tertiary/aromatic N) is 1. The van der Waals surface area contributed by atoms with Gasteiger partial charge in [0.05, 0.1) is 12.7 Å². The molecule has 4 heteroatoms. The Morgan fingerprint density at radius 2 is 1.84 bits per heavy atom. The smallest absolute Gasteiger partial charge is 0.197 e. The Hall–Kier alpha value is -3.01. The summed E-state index contributed by atoms with van der Waals surface area (Å²) in [6.45, 7) is 1.98. The van der Waals surface area contributed by atoms with Crippen LogP contribution in [0.5, 0.6) is 5.75 Å². The number of carbonyl (C=O) groups excluding carboxylic acids is 1. The van der Waals surface area contributed by atoms with Gasteiger partial charge in [0, 0.05) is 36.8 Å². The number of hydrogen-bond acceptors (Lipinski definition) is 4. The molecule has 25 heavy (non-hydrogen) atoms. The van der Waals surface area contributed by atoms with E-state index in [1.807, 2.05) is 80.5 Å². The van der Waals surface area contributed by atoms with Gasteiger partial charge in [-0.3, -0.25) is 4.79 Å². The summed E-state index contributed by atoms with van der Waals surface area (Å²) in [6.07, 6.45) is 1.89. The van der Waals surface area contributed by atoms with Crippen LogP contribution in [-0.2, 0) is 0 Å². The second kappa shape index (κ2) is 6.85. The van der Waals surface area contributed by atoms with Crippen molar-refractivity contribution in [3.05, 3.63) is 71.1 Å². The van der Waals surface area contributed by atoms with Crippen LogP contribution in [0.2, 0.25) is 0 Å².